The summed E-state index contributed by atoms with van der Waals surface area (Å²) in [4.78, 5) is 12.1. The average Bonchev–Trinajstić information content (AvgIpc) is 2.43. The molecule has 1 aliphatic heterocycles. The summed E-state index contributed by atoms with van der Waals surface area (Å²) in [7, 11) is 3.37. The summed E-state index contributed by atoms with van der Waals surface area (Å²) in [6, 6.07) is 0. The largest absolute Gasteiger partial charge is 0.452 e. The summed E-state index contributed by atoms with van der Waals surface area (Å²) in [6.07, 6.45) is 1.43. The van der Waals surface area contributed by atoms with E-state index in [1.807, 2.05) is 0 Å². The zero-order valence-corrected chi connectivity index (χ0v) is 4.84. The minimum atomic E-state index is -0.0648. The number of hydrogen-bond acceptors (Lipinski definition) is 2. The van der Waals surface area contributed by atoms with Crippen LogP contribution in [0.4, 0.5) is 0 Å². The molecular formula is C5H7NO2. The van der Waals surface area contributed by atoms with Crippen molar-refractivity contribution < 1.29 is 9.53 Å². The Labute approximate surface area is 47.5 Å². The molecule has 0 saturated heterocycles. The van der Waals surface area contributed by atoms with Crippen LogP contribution in [0.5, 0.6) is 0 Å². The number of carbonyl (C=O) groups is 1. The van der Waals surface area contributed by atoms with Crippen molar-refractivity contribution in [3.05, 3.63) is 12.0 Å². The minimum Gasteiger partial charge on any atom is -0.452 e. The van der Waals surface area contributed by atoms with Gasteiger partial charge >= 0.3 is 0 Å². The van der Waals surface area contributed by atoms with E-state index in [0.717, 1.165) is 0 Å². The molecular weight excluding hydrogens is 106 g/mol. The van der Waals surface area contributed by atoms with Gasteiger partial charge in [0.1, 0.15) is 6.26 Å². The third kappa shape index (κ3) is 0.804. The van der Waals surface area contributed by atoms with Gasteiger partial charge in [0.2, 0.25) is 5.76 Å². The Hall–Kier alpha value is -0.990. The lowest BCUT2D eigenvalue weighted by molar-refractivity contribution is -0.125. The predicted octanol–water partition coefficient (Wildman–Crippen LogP) is -0.0538. The maximum atomic E-state index is 10.6. The first-order chi connectivity index (χ1) is 3.72. The van der Waals surface area contributed by atoms with E-state index in [0.29, 0.717) is 5.76 Å². The van der Waals surface area contributed by atoms with Gasteiger partial charge in [0.05, 0.1) is 0 Å². The van der Waals surface area contributed by atoms with Gasteiger partial charge in [0.25, 0.3) is 5.91 Å². The first-order valence-corrected chi connectivity index (χ1v) is 2.30. The van der Waals surface area contributed by atoms with Gasteiger partial charge in [-0.1, -0.05) is 0 Å². The Kier molecular flexibility index (Phi) is 0.970. The van der Waals surface area contributed by atoms with Crippen LogP contribution in [0.1, 0.15) is 0 Å². The highest BCUT2D eigenvalue weighted by molar-refractivity contribution is 5.93. The first-order valence-electron chi connectivity index (χ1n) is 2.30. The van der Waals surface area contributed by atoms with E-state index in [1.54, 1.807) is 14.1 Å². The van der Waals surface area contributed by atoms with Crippen LogP contribution in [0.3, 0.4) is 0 Å². The van der Waals surface area contributed by atoms with Gasteiger partial charge in [-0.15, -0.1) is 0 Å². The minimum absolute atomic E-state index is 0.0648. The first kappa shape index (κ1) is 5.15. The molecule has 0 fully saturated rings. The summed E-state index contributed by atoms with van der Waals surface area (Å²) in [5, 5.41) is 0. The van der Waals surface area contributed by atoms with Gasteiger partial charge < -0.3 is 9.64 Å². The lowest BCUT2D eigenvalue weighted by Gasteiger charge is -2.03. The average molecular weight is 113 g/mol. The van der Waals surface area contributed by atoms with Crippen molar-refractivity contribution in [2.75, 3.05) is 14.1 Å². The molecule has 0 N–H and O–H groups in total. The molecule has 0 unspecified atom stereocenters. The second-order valence-electron chi connectivity index (χ2n) is 1.80. The van der Waals surface area contributed by atoms with E-state index >= 15 is 0 Å². The van der Waals surface area contributed by atoms with Crippen LogP contribution in [0.2, 0.25) is 0 Å². The van der Waals surface area contributed by atoms with Crippen molar-refractivity contribution >= 4 is 5.91 Å². The number of ether oxygens (including phenoxy) is 1. The summed E-state index contributed by atoms with van der Waals surface area (Å²) in [5.41, 5.74) is 0. The highest BCUT2D eigenvalue weighted by Crippen LogP contribution is 2.14. The van der Waals surface area contributed by atoms with E-state index in [4.69, 9.17) is 0 Å². The SMILES string of the molecule is CN(C)C(=O)C1=CO1. The van der Waals surface area contributed by atoms with E-state index in [-0.39, 0.29) is 5.91 Å². The number of amides is 1. The molecule has 0 bridgehead atoms. The van der Waals surface area contributed by atoms with Crippen molar-refractivity contribution in [1.82, 2.24) is 4.90 Å². The van der Waals surface area contributed by atoms with Crippen LogP contribution in [0, 0.1) is 0 Å². The van der Waals surface area contributed by atoms with Crippen LogP contribution in [-0.2, 0) is 9.53 Å². The van der Waals surface area contributed by atoms with Crippen molar-refractivity contribution in [2.45, 2.75) is 0 Å². The number of hydrogen-bond donors (Lipinski definition) is 0. The van der Waals surface area contributed by atoms with Gasteiger partial charge in [0, 0.05) is 14.1 Å². The smallest absolute Gasteiger partial charge is 0.292 e. The van der Waals surface area contributed by atoms with Gasteiger partial charge in [-0.3, -0.25) is 4.79 Å². The zero-order chi connectivity index (χ0) is 6.15. The van der Waals surface area contributed by atoms with E-state index < -0.39 is 0 Å². The third-order valence-corrected chi connectivity index (χ3v) is 0.853. The number of likely N-dealkylation sites (N-methyl/N-ethyl adjacent to an activating group) is 1. The molecule has 0 atom stereocenters. The molecule has 3 heteroatoms. The molecule has 3 nitrogen and oxygen atoms in total. The lowest BCUT2D eigenvalue weighted by atomic mass is 10.5. The summed E-state index contributed by atoms with van der Waals surface area (Å²) in [5.74, 6) is 0.389. The molecule has 0 aromatic carbocycles. The van der Waals surface area contributed by atoms with Gasteiger partial charge in [0.15, 0.2) is 0 Å². The monoisotopic (exact) mass is 113 g/mol. The fraction of sp³-hybridized carbons (Fsp3) is 0.400. The quantitative estimate of drug-likeness (QED) is 0.477. The van der Waals surface area contributed by atoms with Gasteiger partial charge in [-0.2, -0.15) is 0 Å². The Balaban J connectivity index is 2.46. The molecule has 1 rings (SSSR count). The Bertz CT molecular complexity index is 149. The maximum Gasteiger partial charge on any atom is 0.292 e. The van der Waals surface area contributed by atoms with Crippen molar-refractivity contribution in [2.24, 2.45) is 0 Å². The summed E-state index contributed by atoms with van der Waals surface area (Å²) < 4.78 is 4.53. The van der Waals surface area contributed by atoms with Crippen LogP contribution in [0.25, 0.3) is 0 Å². The van der Waals surface area contributed by atoms with Crippen molar-refractivity contribution in [3.8, 4) is 0 Å². The highest BCUT2D eigenvalue weighted by Gasteiger charge is 2.21. The summed E-state index contributed by atoms with van der Waals surface area (Å²) in [6.45, 7) is 0. The third-order valence-electron chi connectivity index (χ3n) is 0.853. The maximum absolute atomic E-state index is 10.6. The van der Waals surface area contributed by atoms with Gasteiger partial charge in [-0.25, -0.2) is 0 Å². The number of carbonyl (C=O) groups excluding carboxylic acids is 1. The van der Waals surface area contributed by atoms with Crippen LogP contribution >= 0.6 is 0 Å². The molecule has 1 aliphatic rings. The van der Waals surface area contributed by atoms with Gasteiger partial charge in [-0.05, 0) is 0 Å². The van der Waals surface area contributed by atoms with Crippen LogP contribution < -0.4 is 0 Å². The number of nitrogens with zero attached hydrogens (tertiary/aromatic N) is 1. The molecule has 0 aromatic rings. The highest BCUT2D eigenvalue weighted by atomic mass is 16.5. The fourth-order valence-corrected chi connectivity index (χ4v) is 0.351. The Morgan fingerprint density at radius 3 is 2.38 bits per heavy atom. The van der Waals surface area contributed by atoms with Crippen molar-refractivity contribution in [1.29, 1.82) is 0 Å². The molecule has 8 heavy (non-hydrogen) atoms. The molecule has 44 valence electrons. The van der Waals surface area contributed by atoms with Crippen LogP contribution in [-0.4, -0.2) is 24.9 Å². The second kappa shape index (κ2) is 1.51. The molecule has 0 radical (unpaired) electrons. The lowest BCUT2D eigenvalue weighted by Crippen LogP contribution is -2.20. The standard InChI is InChI=1S/C5H7NO2/c1-6(2)5(7)4-3-8-4/h3H,1-2H3. The van der Waals surface area contributed by atoms with E-state index in [2.05, 4.69) is 4.74 Å². The normalized spacial score (nSPS) is 14.0. The molecule has 1 heterocycles. The molecule has 0 spiro atoms. The Morgan fingerprint density at radius 2 is 2.25 bits per heavy atom. The topological polar surface area (TPSA) is 32.8 Å². The molecule has 0 saturated carbocycles. The predicted molar refractivity (Wildman–Crippen MR) is 27.9 cm³/mol. The Morgan fingerprint density at radius 1 is 1.75 bits per heavy atom. The second-order valence-corrected chi connectivity index (χ2v) is 1.80. The van der Waals surface area contributed by atoms with E-state index in [9.17, 15) is 4.79 Å². The summed E-state index contributed by atoms with van der Waals surface area (Å²) >= 11 is 0. The zero-order valence-electron chi connectivity index (χ0n) is 4.84. The van der Waals surface area contributed by atoms with E-state index in [1.165, 1.54) is 11.2 Å². The molecule has 0 aliphatic carbocycles. The van der Waals surface area contributed by atoms with Crippen molar-refractivity contribution in [3.63, 3.8) is 0 Å². The van der Waals surface area contributed by atoms with Crippen LogP contribution in [0.15, 0.2) is 12.0 Å². The fourth-order valence-electron chi connectivity index (χ4n) is 0.351. The number of rotatable bonds is 1. The molecule has 0 aromatic heterocycles. The molecule has 1 amide bonds.